The molecule has 0 atom stereocenters. The molecule has 0 rings (SSSR count). The van der Waals surface area contributed by atoms with Crippen LogP contribution in [0.25, 0.3) is 0 Å². The van der Waals surface area contributed by atoms with E-state index in [0.29, 0.717) is 0 Å². The minimum absolute atomic E-state index is 0.0599. The summed E-state index contributed by atoms with van der Waals surface area (Å²) < 4.78 is 0. The lowest BCUT2D eigenvalue weighted by Gasteiger charge is -1.81. The van der Waals surface area contributed by atoms with Crippen LogP contribution in [0.5, 0.6) is 0 Å². The lowest BCUT2D eigenvalue weighted by molar-refractivity contribution is 0.190. The number of rotatable bonds is 3. The smallest absolute Gasteiger partial charge is 0.0825 e. The maximum atomic E-state index is 9.77. The van der Waals surface area contributed by atoms with E-state index in [2.05, 4.69) is 0 Å². The average molecular weight is 99.2 g/mol. The Morgan fingerprint density at radius 3 is 2.71 bits per heavy atom. The second kappa shape index (κ2) is 5.70. The Bertz CT molecular complexity index is 48.1. The summed E-state index contributed by atoms with van der Waals surface area (Å²) in [6.07, 6.45) is 5.71. The monoisotopic (exact) mass is 99.1 g/mol. The van der Waals surface area contributed by atoms with Crippen molar-refractivity contribution in [3.05, 3.63) is 12.2 Å². The molecule has 1 nitrogen and oxygen atoms in total. The minimum atomic E-state index is 0.0599. The van der Waals surface area contributed by atoms with E-state index in [-0.39, 0.29) is 6.61 Å². The van der Waals surface area contributed by atoms with Gasteiger partial charge in [0.1, 0.15) is 0 Å². The third-order valence-electron chi connectivity index (χ3n) is 0.751. The molecule has 0 amide bonds. The third-order valence-corrected chi connectivity index (χ3v) is 0.751. The van der Waals surface area contributed by atoms with Crippen molar-refractivity contribution in [3.8, 4) is 0 Å². The number of hydrogen-bond donors (Lipinski definition) is 0. The summed E-state index contributed by atoms with van der Waals surface area (Å²) in [6, 6.07) is 0. The molecule has 0 unspecified atom stereocenters. The largest absolute Gasteiger partial charge is 0.237 e. The van der Waals surface area contributed by atoms with E-state index in [9.17, 15) is 5.11 Å². The van der Waals surface area contributed by atoms with E-state index in [1.807, 2.05) is 19.1 Å². The second-order valence-corrected chi connectivity index (χ2v) is 1.42. The fraction of sp³-hybridized carbons (Fsp3) is 0.667. The predicted octanol–water partition coefficient (Wildman–Crippen LogP) is 1.77. The standard InChI is InChI=1S/C6H11O/c1-2-3-4-5-6-7/h2-3H,4-6H2,1H3/b3-2+. The molecular weight excluding hydrogens is 88.1 g/mol. The molecule has 1 heteroatoms. The second-order valence-electron chi connectivity index (χ2n) is 1.42. The Morgan fingerprint density at radius 1 is 1.57 bits per heavy atom. The Kier molecular flexibility index (Phi) is 5.46. The van der Waals surface area contributed by atoms with E-state index in [0.717, 1.165) is 12.8 Å². The van der Waals surface area contributed by atoms with Gasteiger partial charge in [-0.2, -0.15) is 0 Å². The number of hydrogen-bond acceptors (Lipinski definition) is 0. The molecule has 0 aliphatic carbocycles. The van der Waals surface area contributed by atoms with E-state index >= 15 is 0 Å². The highest BCUT2D eigenvalue weighted by Crippen LogP contribution is 1.87. The van der Waals surface area contributed by atoms with E-state index in [1.54, 1.807) is 0 Å². The molecular formula is C6H11O. The van der Waals surface area contributed by atoms with Crippen molar-refractivity contribution in [2.45, 2.75) is 19.8 Å². The van der Waals surface area contributed by atoms with Crippen LogP contribution in [0.15, 0.2) is 12.2 Å². The number of unbranched alkanes of at least 4 members (excludes halogenated alkanes) is 1. The van der Waals surface area contributed by atoms with Crippen LogP contribution in [0.2, 0.25) is 0 Å². The van der Waals surface area contributed by atoms with Gasteiger partial charge in [-0.05, 0) is 19.8 Å². The van der Waals surface area contributed by atoms with Crippen molar-refractivity contribution in [3.63, 3.8) is 0 Å². The maximum Gasteiger partial charge on any atom is 0.0825 e. The first-order chi connectivity index (χ1) is 3.41. The third kappa shape index (κ3) is 5.70. The van der Waals surface area contributed by atoms with Gasteiger partial charge in [0.15, 0.2) is 0 Å². The molecule has 1 radical (unpaired) electrons. The normalized spacial score (nSPS) is 10.6. The molecule has 0 aromatic heterocycles. The molecule has 0 saturated heterocycles. The van der Waals surface area contributed by atoms with Gasteiger partial charge in [0, 0.05) is 0 Å². The van der Waals surface area contributed by atoms with Gasteiger partial charge < -0.3 is 0 Å². The topological polar surface area (TPSA) is 19.9 Å². The summed E-state index contributed by atoms with van der Waals surface area (Å²) in [5.74, 6) is 0. The molecule has 0 saturated carbocycles. The lowest BCUT2D eigenvalue weighted by Crippen LogP contribution is -1.74. The molecule has 0 fully saturated rings. The fourth-order valence-electron chi connectivity index (χ4n) is 0.368. The van der Waals surface area contributed by atoms with Crippen LogP contribution >= 0.6 is 0 Å². The molecule has 7 heavy (non-hydrogen) atoms. The molecule has 0 aliphatic rings. The van der Waals surface area contributed by atoms with Crippen LogP contribution < -0.4 is 0 Å². The van der Waals surface area contributed by atoms with Gasteiger partial charge in [0.05, 0.1) is 6.61 Å². The molecule has 0 bridgehead atoms. The number of allylic oxidation sites excluding steroid dienone is 2. The van der Waals surface area contributed by atoms with Gasteiger partial charge in [-0.3, -0.25) is 0 Å². The molecule has 0 spiro atoms. The van der Waals surface area contributed by atoms with Crippen molar-refractivity contribution in [1.29, 1.82) is 0 Å². The van der Waals surface area contributed by atoms with Crippen molar-refractivity contribution < 1.29 is 5.11 Å². The van der Waals surface area contributed by atoms with Gasteiger partial charge in [-0.1, -0.05) is 12.2 Å². The molecule has 0 N–H and O–H groups in total. The summed E-state index contributed by atoms with van der Waals surface area (Å²) in [4.78, 5) is 0. The van der Waals surface area contributed by atoms with Crippen LogP contribution in [0.4, 0.5) is 0 Å². The highest BCUT2D eigenvalue weighted by Gasteiger charge is 1.75. The Morgan fingerprint density at radius 2 is 2.29 bits per heavy atom. The Hall–Kier alpha value is -0.300. The van der Waals surface area contributed by atoms with E-state index in [4.69, 9.17) is 0 Å². The summed E-state index contributed by atoms with van der Waals surface area (Å²) in [7, 11) is 0. The summed E-state index contributed by atoms with van der Waals surface area (Å²) in [5.41, 5.74) is 0. The van der Waals surface area contributed by atoms with E-state index < -0.39 is 0 Å². The van der Waals surface area contributed by atoms with Crippen LogP contribution in [-0.2, 0) is 5.11 Å². The fourth-order valence-corrected chi connectivity index (χ4v) is 0.368. The quantitative estimate of drug-likeness (QED) is 0.379. The van der Waals surface area contributed by atoms with Gasteiger partial charge in [-0.25, -0.2) is 5.11 Å². The Labute approximate surface area is 44.7 Å². The zero-order chi connectivity index (χ0) is 5.54. The highest BCUT2D eigenvalue weighted by molar-refractivity contribution is 4.75. The zero-order valence-corrected chi connectivity index (χ0v) is 4.68. The van der Waals surface area contributed by atoms with Gasteiger partial charge >= 0.3 is 0 Å². The van der Waals surface area contributed by atoms with Gasteiger partial charge in [0.25, 0.3) is 0 Å². The summed E-state index contributed by atoms with van der Waals surface area (Å²) >= 11 is 0. The molecule has 0 aromatic carbocycles. The minimum Gasteiger partial charge on any atom is -0.237 e. The van der Waals surface area contributed by atoms with E-state index in [1.165, 1.54) is 0 Å². The highest BCUT2D eigenvalue weighted by atomic mass is 16.2. The van der Waals surface area contributed by atoms with Crippen molar-refractivity contribution in [1.82, 2.24) is 0 Å². The zero-order valence-electron chi connectivity index (χ0n) is 4.68. The average Bonchev–Trinajstić information content (AvgIpc) is 1.69. The first-order valence-corrected chi connectivity index (χ1v) is 2.61. The van der Waals surface area contributed by atoms with Crippen molar-refractivity contribution >= 4 is 0 Å². The molecule has 0 aromatic rings. The van der Waals surface area contributed by atoms with Crippen LogP contribution in [0.1, 0.15) is 19.8 Å². The lowest BCUT2D eigenvalue weighted by atomic mass is 10.3. The van der Waals surface area contributed by atoms with Gasteiger partial charge in [-0.15, -0.1) is 0 Å². The first-order valence-electron chi connectivity index (χ1n) is 2.61. The van der Waals surface area contributed by atoms with Crippen molar-refractivity contribution in [2.75, 3.05) is 6.61 Å². The van der Waals surface area contributed by atoms with Crippen LogP contribution in [-0.4, -0.2) is 6.61 Å². The SMILES string of the molecule is C/C=C/CCC[O]. The predicted molar refractivity (Wildman–Crippen MR) is 29.6 cm³/mol. The summed E-state index contributed by atoms with van der Waals surface area (Å²) in [6.45, 7) is 2.02. The Balaban J connectivity index is 2.69. The maximum absolute atomic E-state index is 9.77. The molecule has 41 valence electrons. The summed E-state index contributed by atoms with van der Waals surface area (Å²) in [5, 5.41) is 9.77. The van der Waals surface area contributed by atoms with Gasteiger partial charge in [0.2, 0.25) is 0 Å². The molecule has 0 aliphatic heterocycles. The molecule has 0 heterocycles. The van der Waals surface area contributed by atoms with Crippen molar-refractivity contribution in [2.24, 2.45) is 0 Å². The van der Waals surface area contributed by atoms with Crippen LogP contribution in [0, 0.1) is 0 Å². The first kappa shape index (κ1) is 6.70. The van der Waals surface area contributed by atoms with Crippen LogP contribution in [0.3, 0.4) is 0 Å².